The molecule has 0 radical (unpaired) electrons. The Morgan fingerprint density at radius 1 is 1.12 bits per heavy atom. The molecular weight excluding hydrogens is 208 g/mol. The molecule has 0 aliphatic carbocycles. The molecule has 1 heterocycles. The van der Waals surface area contributed by atoms with E-state index in [2.05, 4.69) is 60.7 Å². The van der Waals surface area contributed by atoms with Gasteiger partial charge in [0.1, 0.15) is 0 Å². The van der Waals surface area contributed by atoms with Crippen molar-refractivity contribution in [1.29, 1.82) is 0 Å². The number of hydrogen-bond acceptors (Lipinski definition) is 1. The molecule has 2 nitrogen and oxygen atoms in total. The Hall–Kier alpha value is -1.83. The van der Waals surface area contributed by atoms with Crippen LogP contribution in [0.3, 0.4) is 0 Å². The van der Waals surface area contributed by atoms with Crippen molar-refractivity contribution in [3.05, 3.63) is 42.2 Å². The third-order valence-electron chi connectivity index (χ3n) is 3.26. The van der Waals surface area contributed by atoms with Crippen LogP contribution in [0.5, 0.6) is 0 Å². The van der Waals surface area contributed by atoms with Gasteiger partial charge < -0.3 is 4.57 Å². The number of nitrogens with zero attached hydrogens (tertiary/aromatic N) is 2. The predicted molar refractivity (Wildman–Crippen MR) is 72.4 cm³/mol. The quantitative estimate of drug-likeness (QED) is 0.609. The fourth-order valence-corrected chi connectivity index (χ4v) is 2.37. The molecule has 2 heteroatoms. The molecule has 0 atom stereocenters. The van der Waals surface area contributed by atoms with Gasteiger partial charge in [-0.15, -0.1) is 0 Å². The van der Waals surface area contributed by atoms with Gasteiger partial charge in [-0.25, -0.2) is 4.98 Å². The minimum absolute atomic E-state index is 0.437. The van der Waals surface area contributed by atoms with E-state index in [0.29, 0.717) is 6.04 Å². The Labute approximate surface area is 101 Å². The molecule has 0 unspecified atom stereocenters. The molecule has 0 amide bonds. The lowest BCUT2D eigenvalue weighted by Crippen LogP contribution is -1.98. The lowest BCUT2D eigenvalue weighted by atomic mass is 10.1. The molecule has 2 aromatic carbocycles. The first-order valence-corrected chi connectivity index (χ1v) is 6.03. The Morgan fingerprint density at radius 2 is 1.94 bits per heavy atom. The predicted octanol–water partition coefficient (Wildman–Crippen LogP) is 4.08. The number of rotatable bonds is 1. The normalized spacial score (nSPS) is 11.8. The molecule has 17 heavy (non-hydrogen) atoms. The van der Waals surface area contributed by atoms with Crippen molar-refractivity contribution >= 4 is 21.8 Å². The van der Waals surface area contributed by atoms with Crippen LogP contribution >= 0.6 is 0 Å². The zero-order valence-corrected chi connectivity index (χ0v) is 10.4. The van der Waals surface area contributed by atoms with Crippen molar-refractivity contribution in [3.63, 3.8) is 0 Å². The highest BCUT2D eigenvalue weighted by Gasteiger charge is 2.09. The van der Waals surface area contributed by atoms with Gasteiger partial charge in [0.2, 0.25) is 0 Å². The molecule has 0 N–H and O–H groups in total. The third-order valence-corrected chi connectivity index (χ3v) is 3.26. The van der Waals surface area contributed by atoms with Crippen LogP contribution in [0.2, 0.25) is 0 Å². The molecule has 0 saturated heterocycles. The molecule has 0 spiro atoms. The van der Waals surface area contributed by atoms with Crippen LogP contribution < -0.4 is 0 Å². The molecule has 0 fully saturated rings. The number of hydrogen-bond donors (Lipinski definition) is 0. The topological polar surface area (TPSA) is 17.8 Å². The molecule has 86 valence electrons. The summed E-state index contributed by atoms with van der Waals surface area (Å²) in [7, 11) is 0. The van der Waals surface area contributed by atoms with Crippen LogP contribution in [0.1, 0.15) is 25.5 Å². The zero-order valence-electron chi connectivity index (χ0n) is 10.4. The van der Waals surface area contributed by atoms with E-state index >= 15 is 0 Å². The van der Waals surface area contributed by atoms with Crippen LogP contribution in [0.25, 0.3) is 21.8 Å². The van der Waals surface area contributed by atoms with E-state index in [1.165, 1.54) is 21.9 Å². The summed E-state index contributed by atoms with van der Waals surface area (Å²) in [6, 6.07) is 11.3. The monoisotopic (exact) mass is 224 g/mol. The van der Waals surface area contributed by atoms with E-state index < -0.39 is 0 Å². The first-order chi connectivity index (χ1) is 8.16. The van der Waals surface area contributed by atoms with Crippen LogP contribution in [-0.4, -0.2) is 9.55 Å². The Bertz CT molecular complexity index is 693. The van der Waals surface area contributed by atoms with Gasteiger partial charge in [0.15, 0.2) is 0 Å². The van der Waals surface area contributed by atoms with Gasteiger partial charge in [0.25, 0.3) is 0 Å². The highest BCUT2D eigenvalue weighted by molar-refractivity contribution is 6.04. The number of aryl methyl sites for hydroxylation is 1. The van der Waals surface area contributed by atoms with Gasteiger partial charge in [-0.2, -0.15) is 0 Å². The van der Waals surface area contributed by atoms with Crippen LogP contribution in [0.15, 0.2) is 36.7 Å². The zero-order chi connectivity index (χ0) is 12.0. The maximum atomic E-state index is 4.48. The Morgan fingerprint density at radius 3 is 2.71 bits per heavy atom. The maximum absolute atomic E-state index is 4.48. The van der Waals surface area contributed by atoms with E-state index in [1.54, 1.807) is 0 Å². The summed E-state index contributed by atoms with van der Waals surface area (Å²) in [6.45, 7) is 6.51. The SMILES string of the molecule is Cc1ccc2c(ccc3ncn(C(C)C)c32)c1. The molecule has 0 bridgehead atoms. The first-order valence-electron chi connectivity index (χ1n) is 6.03. The summed E-state index contributed by atoms with van der Waals surface area (Å²) >= 11 is 0. The van der Waals surface area contributed by atoms with Crippen molar-refractivity contribution in [2.24, 2.45) is 0 Å². The lowest BCUT2D eigenvalue weighted by molar-refractivity contribution is 0.619. The van der Waals surface area contributed by atoms with E-state index in [0.717, 1.165) is 5.52 Å². The van der Waals surface area contributed by atoms with Crippen molar-refractivity contribution in [2.45, 2.75) is 26.8 Å². The van der Waals surface area contributed by atoms with E-state index in [-0.39, 0.29) is 0 Å². The molecule has 0 aliphatic heterocycles. The summed E-state index contributed by atoms with van der Waals surface area (Å²) < 4.78 is 2.24. The van der Waals surface area contributed by atoms with Gasteiger partial charge in [0, 0.05) is 11.4 Å². The van der Waals surface area contributed by atoms with Gasteiger partial charge in [-0.1, -0.05) is 29.8 Å². The largest absolute Gasteiger partial charge is 0.328 e. The highest BCUT2D eigenvalue weighted by atomic mass is 15.1. The summed E-state index contributed by atoms with van der Waals surface area (Å²) in [6.07, 6.45) is 1.94. The average Bonchev–Trinajstić information content (AvgIpc) is 2.72. The van der Waals surface area contributed by atoms with E-state index in [4.69, 9.17) is 0 Å². The van der Waals surface area contributed by atoms with Crippen molar-refractivity contribution in [2.75, 3.05) is 0 Å². The molecule has 1 aromatic heterocycles. The van der Waals surface area contributed by atoms with Crippen LogP contribution in [-0.2, 0) is 0 Å². The van der Waals surface area contributed by atoms with Crippen molar-refractivity contribution in [1.82, 2.24) is 9.55 Å². The fourth-order valence-electron chi connectivity index (χ4n) is 2.37. The number of aromatic nitrogens is 2. The molecular formula is C15H16N2. The standard InChI is InChI=1S/C15H16N2/c1-10(2)17-9-16-14-7-5-12-8-11(3)4-6-13(12)15(14)17/h4-10H,1-3H3. The number of fused-ring (bicyclic) bond motifs is 3. The van der Waals surface area contributed by atoms with Gasteiger partial charge >= 0.3 is 0 Å². The second kappa shape index (κ2) is 3.59. The van der Waals surface area contributed by atoms with E-state index in [1.807, 2.05) is 6.33 Å². The smallest absolute Gasteiger partial charge is 0.0960 e. The maximum Gasteiger partial charge on any atom is 0.0960 e. The Balaban J connectivity index is 2.48. The summed E-state index contributed by atoms with van der Waals surface area (Å²) in [5.41, 5.74) is 3.63. The van der Waals surface area contributed by atoms with Crippen LogP contribution in [0, 0.1) is 6.92 Å². The van der Waals surface area contributed by atoms with Crippen LogP contribution in [0.4, 0.5) is 0 Å². The summed E-state index contributed by atoms with van der Waals surface area (Å²) in [5, 5.41) is 2.58. The van der Waals surface area contributed by atoms with Gasteiger partial charge in [0.05, 0.1) is 17.4 Å². The van der Waals surface area contributed by atoms with Crippen molar-refractivity contribution in [3.8, 4) is 0 Å². The van der Waals surface area contributed by atoms with Gasteiger partial charge in [-0.3, -0.25) is 0 Å². The van der Waals surface area contributed by atoms with Gasteiger partial charge in [-0.05, 0) is 32.2 Å². The third kappa shape index (κ3) is 1.52. The van der Waals surface area contributed by atoms with E-state index in [9.17, 15) is 0 Å². The number of imidazole rings is 1. The highest BCUT2D eigenvalue weighted by Crippen LogP contribution is 2.27. The molecule has 3 aromatic rings. The summed E-state index contributed by atoms with van der Waals surface area (Å²) in [4.78, 5) is 4.48. The minimum Gasteiger partial charge on any atom is -0.328 e. The second-order valence-electron chi connectivity index (χ2n) is 4.90. The molecule has 0 aliphatic rings. The average molecular weight is 224 g/mol. The second-order valence-corrected chi connectivity index (χ2v) is 4.90. The number of benzene rings is 2. The lowest BCUT2D eigenvalue weighted by Gasteiger charge is -2.10. The summed E-state index contributed by atoms with van der Waals surface area (Å²) in [5.74, 6) is 0. The molecule has 3 rings (SSSR count). The van der Waals surface area contributed by atoms with Crippen molar-refractivity contribution < 1.29 is 0 Å². The Kier molecular flexibility index (Phi) is 2.18. The fraction of sp³-hybridized carbons (Fsp3) is 0.267. The molecule has 0 saturated carbocycles. The first kappa shape index (κ1) is 10.3. The minimum atomic E-state index is 0.437.